The van der Waals surface area contributed by atoms with Gasteiger partial charge in [0, 0.05) is 6.07 Å². The molecule has 1 aromatic heterocycles. The zero-order chi connectivity index (χ0) is 21.2. The number of aromatic nitrogens is 2. The Kier molecular flexibility index (Phi) is 6.11. The highest BCUT2D eigenvalue weighted by Crippen LogP contribution is 2.24. The maximum absolute atomic E-state index is 13.9. The number of ether oxygens (including phenoxy) is 1. The van der Waals surface area contributed by atoms with E-state index in [1.165, 1.54) is 42.6 Å². The summed E-state index contributed by atoms with van der Waals surface area (Å²) in [4.78, 5) is 12.0. The van der Waals surface area contributed by atoms with E-state index >= 15 is 0 Å². The molecule has 29 heavy (non-hydrogen) atoms. The van der Waals surface area contributed by atoms with E-state index < -0.39 is 21.4 Å². The first-order valence-corrected chi connectivity index (χ1v) is 10.5. The van der Waals surface area contributed by atoms with Gasteiger partial charge in [-0.25, -0.2) is 12.8 Å². The Morgan fingerprint density at radius 1 is 1.17 bits per heavy atom. The summed E-state index contributed by atoms with van der Waals surface area (Å²) in [6.45, 7) is 1.99. The van der Waals surface area contributed by atoms with Crippen LogP contribution in [0, 0.1) is 5.82 Å². The lowest BCUT2D eigenvalue weighted by Crippen LogP contribution is -2.21. The van der Waals surface area contributed by atoms with Crippen LogP contribution < -0.4 is 15.0 Å². The summed E-state index contributed by atoms with van der Waals surface area (Å²) < 4.78 is 47.4. The monoisotopic (exact) mass is 457 g/mol. The number of benzene rings is 2. The number of halogens is 3. The largest absolute Gasteiger partial charge is 0.491 e. The molecular formula is C18H14Cl2FN3O4S. The van der Waals surface area contributed by atoms with Crippen molar-refractivity contribution in [3.05, 3.63) is 74.9 Å². The van der Waals surface area contributed by atoms with Crippen LogP contribution in [-0.4, -0.2) is 24.8 Å². The molecule has 152 valence electrons. The quantitative estimate of drug-likeness (QED) is 0.606. The van der Waals surface area contributed by atoms with Gasteiger partial charge < -0.3 is 4.74 Å². The van der Waals surface area contributed by atoms with Crippen LogP contribution in [0.4, 0.5) is 10.1 Å². The minimum atomic E-state index is -3.99. The minimum absolute atomic E-state index is 0.0129. The van der Waals surface area contributed by atoms with Crippen molar-refractivity contribution in [3.63, 3.8) is 0 Å². The summed E-state index contributed by atoms with van der Waals surface area (Å²) in [7, 11) is -3.99. The summed E-state index contributed by atoms with van der Waals surface area (Å²) in [5.74, 6) is -0.660. The Bertz CT molecular complexity index is 1210. The molecule has 0 saturated carbocycles. The van der Waals surface area contributed by atoms with Crippen LogP contribution in [0.25, 0.3) is 5.69 Å². The Balaban J connectivity index is 1.86. The summed E-state index contributed by atoms with van der Waals surface area (Å²) in [5, 5.41) is 3.69. The standard InChI is InChI=1S/C18H14Cl2FN3O4S/c1-2-28-16-8-3-11(9-15(16)21)23-29(26,27)13-6-4-12(5-7-13)24-18(25)17(20)14(19)10-22-24/h3-10,23H,2H2,1H3. The predicted octanol–water partition coefficient (Wildman–Crippen LogP) is 3.88. The van der Waals surface area contributed by atoms with E-state index in [1.54, 1.807) is 6.92 Å². The maximum atomic E-state index is 13.9. The highest BCUT2D eigenvalue weighted by molar-refractivity contribution is 7.92. The number of anilines is 1. The van der Waals surface area contributed by atoms with Gasteiger partial charge in [0.2, 0.25) is 0 Å². The molecule has 0 radical (unpaired) electrons. The van der Waals surface area contributed by atoms with Gasteiger partial charge in [0.15, 0.2) is 11.6 Å². The smallest absolute Gasteiger partial charge is 0.291 e. The van der Waals surface area contributed by atoms with Crippen LogP contribution in [-0.2, 0) is 10.0 Å². The molecule has 0 saturated heterocycles. The average molecular weight is 458 g/mol. The van der Waals surface area contributed by atoms with Gasteiger partial charge in [0.1, 0.15) is 5.02 Å². The van der Waals surface area contributed by atoms with Crippen LogP contribution in [0.1, 0.15) is 6.92 Å². The highest BCUT2D eigenvalue weighted by atomic mass is 35.5. The second-order valence-electron chi connectivity index (χ2n) is 5.70. The Morgan fingerprint density at radius 2 is 1.86 bits per heavy atom. The minimum Gasteiger partial charge on any atom is -0.491 e. The normalized spacial score (nSPS) is 11.3. The maximum Gasteiger partial charge on any atom is 0.291 e. The molecule has 1 N–H and O–H groups in total. The van der Waals surface area contributed by atoms with Crippen molar-refractivity contribution in [2.24, 2.45) is 0 Å². The molecule has 0 amide bonds. The van der Waals surface area contributed by atoms with E-state index in [0.29, 0.717) is 5.69 Å². The molecule has 0 spiro atoms. The Labute approximate surface area is 175 Å². The van der Waals surface area contributed by atoms with Crippen LogP contribution >= 0.6 is 23.2 Å². The third-order valence-electron chi connectivity index (χ3n) is 3.75. The van der Waals surface area contributed by atoms with Crippen LogP contribution in [0.2, 0.25) is 10.0 Å². The highest BCUT2D eigenvalue weighted by Gasteiger charge is 2.16. The number of rotatable bonds is 6. The zero-order valence-corrected chi connectivity index (χ0v) is 17.2. The van der Waals surface area contributed by atoms with Gasteiger partial charge in [-0.15, -0.1) is 0 Å². The first kappa shape index (κ1) is 21.1. The van der Waals surface area contributed by atoms with Gasteiger partial charge in [-0.1, -0.05) is 23.2 Å². The van der Waals surface area contributed by atoms with Gasteiger partial charge in [0.25, 0.3) is 15.6 Å². The fourth-order valence-corrected chi connectivity index (χ4v) is 3.72. The first-order valence-electron chi connectivity index (χ1n) is 8.22. The fourth-order valence-electron chi connectivity index (χ4n) is 2.41. The molecule has 0 unspecified atom stereocenters. The Hall–Kier alpha value is -2.62. The average Bonchev–Trinajstić information content (AvgIpc) is 2.68. The number of sulfonamides is 1. The van der Waals surface area contributed by atoms with Crippen molar-refractivity contribution in [1.82, 2.24) is 9.78 Å². The molecule has 0 aliphatic carbocycles. The number of hydrogen-bond donors (Lipinski definition) is 1. The second kappa shape index (κ2) is 8.40. The summed E-state index contributed by atoms with van der Waals surface area (Å²) in [6.07, 6.45) is 1.21. The summed E-state index contributed by atoms with van der Waals surface area (Å²) in [6, 6.07) is 9.06. The van der Waals surface area contributed by atoms with Gasteiger partial charge in [-0.2, -0.15) is 9.78 Å². The van der Waals surface area contributed by atoms with Crippen LogP contribution in [0.15, 0.2) is 58.4 Å². The van der Waals surface area contributed by atoms with Crippen molar-refractivity contribution in [1.29, 1.82) is 0 Å². The zero-order valence-electron chi connectivity index (χ0n) is 14.9. The van der Waals surface area contributed by atoms with Gasteiger partial charge in [-0.05, 0) is 43.3 Å². The first-order chi connectivity index (χ1) is 13.7. The van der Waals surface area contributed by atoms with E-state index in [4.69, 9.17) is 27.9 Å². The van der Waals surface area contributed by atoms with Crippen LogP contribution in [0.3, 0.4) is 0 Å². The predicted molar refractivity (Wildman–Crippen MR) is 108 cm³/mol. The lowest BCUT2D eigenvalue weighted by Gasteiger charge is -2.11. The number of hydrogen-bond acceptors (Lipinski definition) is 5. The van der Waals surface area contributed by atoms with Crippen molar-refractivity contribution in [2.75, 3.05) is 11.3 Å². The molecule has 0 aliphatic rings. The summed E-state index contributed by atoms with van der Waals surface area (Å²) >= 11 is 11.6. The SMILES string of the molecule is CCOc1ccc(NS(=O)(=O)c2ccc(-n3ncc(Cl)c(Cl)c3=O)cc2)cc1F. The lowest BCUT2D eigenvalue weighted by molar-refractivity contribution is 0.321. The fraction of sp³-hybridized carbons (Fsp3) is 0.111. The van der Waals surface area contributed by atoms with Crippen LogP contribution in [0.5, 0.6) is 5.75 Å². The second-order valence-corrected chi connectivity index (χ2v) is 8.17. The number of nitrogens with one attached hydrogen (secondary N) is 1. The van der Waals surface area contributed by atoms with Crippen molar-refractivity contribution in [3.8, 4) is 11.4 Å². The molecule has 0 fully saturated rings. The molecule has 11 heteroatoms. The third-order valence-corrected chi connectivity index (χ3v) is 5.90. The van der Waals surface area contributed by atoms with Gasteiger partial charge in [0.05, 0.1) is 34.1 Å². The topological polar surface area (TPSA) is 90.3 Å². The molecule has 3 rings (SSSR count). The lowest BCUT2D eigenvalue weighted by atomic mass is 10.3. The van der Waals surface area contributed by atoms with Crippen molar-refractivity contribution in [2.45, 2.75) is 11.8 Å². The Morgan fingerprint density at radius 3 is 2.48 bits per heavy atom. The molecule has 0 bridgehead atoms. The van der Waals surface area contributed by atoms with E-state index in [9.17, 15) is 17.6 Å². The molecule has 1 heterocycles. The molecule has 3 aromatic rings. The molecule has 7 nitrogen and oxygen atoms in total. The van der Waals surface area contributed by atoms with Gasteiger partial charge >= 0.3 is 0 Å². The van der Waals surface area contributed by atoms with E-state index in [2.05, 4.69) is 9.82 Å². The molecular weight excluding hydrogens is 444 g/mol. The van der Waals surface area contributed by atoms with E-state index in [0.717, 1.165) is 10.7 Å². The number of nitrogens with zero attached hydrogens (tertiary/aromatic N) is 2. The van der Waals surface area contributed by atoms with Crippen molar-refractivity contribution < 1.29 is 17.5 Å². The molecule has 2 aromatic carbocycles. The van der Waals surface area contributed by atoms with Crippen molar-refractivity contribution >= 4 is 38.9 Å². The van der Waals surface area contributed by atoms with E-state index in [1.807, 2.05) is 0 Å². The third kappa shape index (κ3) is 4.52. The summed E-state index contributed by atoms with van der Waals surface area (Å²) in [5.41, 5.74) is -0.310. The molecule has 0 aliphatic heterocycles. The van der Waals surface area contributed by atoms with Gasteiger partial charge in [-0.3, -0.25) is 9.52 Å². The molecule has 0 atom stereocenters. The van der Waals surface area contributed by atoms with E-state index in [-0.39, 0.29) is 33.0 Å².